The number of primary sulfonamides is 1. The fraction of sp³-hybridized carbons (Fsp3) is 0.583. The van der Waals surface area contributed by atoms with E-state index < -0.39 is 10.0 Å². The number of carbonyl (C=O) groups is 1. The van der Waals surface area contributed by atoms with Crippen LogP contribution in [0.1, 0.15) is 30.2 Å². The van der Waals surface area contributed by atoms with Gasteiger partial charge in [0.05, 0.1) is 0 Å². The summed E-state index contributed by atoms with van der Waals surface area (Å²) in [5, 5.41) is 8.34. The van der Waals surface area contributed by atoms with E-state index in [9.17, 15) is 13.2 Å². The monoisotopic (exact) mass is 337 g/mol. The molecular weight excluding hydrogens is 318 g/mol. The second-order valence-corrected chi connectivity index (χ2v) is 6.59. The van der Waals surface area contributed by atoms with Gasteiger partial charge in [0.1, 0.15) is 10.7 Å². The fourth-order valence-electron chi connectivity index (χ4n) is 2.34. The topological polar surface area (TPSA) is 106 Å². The Morgan fingerprint density at radius 3 is 2.62 bits per heavy atom. The molecule has 7 nitrogen and oxygen atoms in total. The Kier molecular flexibility index (Phi) is 5.43. The van der Waals surface area contributed by atoms with E-state index in [4.69, 9.17) is 9.56 Å². The molecule has 1 saturated heterocycles. The molecule has 0 radical (unpaired) electrons. The van der Waals surface area contributed by atoms with Crippen LogP contribution in [0.15, 0.2) is 15.4 Å². The lowest BCUT2D eigenvalue weighted by Crippen LogP contribution is -2.57. The Balaban J connectivity index is 0.00000220. The number of furan rings is 1. The van der Waals surface area contributed by atoms with Crippen molar-refractivity contribution in [3.05, 3.63) is 17.6 Å². The van der Waals surface area contributed by atoms with Crippen LogP contribution < -0.4 is 10.5 Å². The number of sulfonamides is 1. The SMILES string of the molecule is Cc1oc(C(=O)N2CCNC(C)C2C)cc1S(N)(=O)=O.Cl. The quantitative estimate of drug-likeness (QED) is 0.816. The Bertz CT molecular complexity index is 628. The van der Waals surface area contributed by atoms with Crippen molar-refractivity contribution in [3.8, 4) is 0 Å². The van der Waals surface area contributed by atoms with Crippen molar-refractivity contribution in [2.24, 2.45) is 5.14 Å². The summed E-state index contributed by atoms with van der Waals surface area (Å²) in [7, 11) is -3.88. The van der Waals surface area contributed by atoms with Gasteiger partial charge in [-0.1, -0.05) is 0 Å². The number of piperazine rings is 1. The minimum Gasteiger partial charge on any atom is -0.455 e. The van der Waals surface area contributed by atoms with Crippen molar-refractivity contribution in [3.63, 3.8) is 0 Å². The average Bonchev–Trinajstić information content (AvgIpc) is 2.74. The van der Waals surface area contributed by atoms with Crippen LogP contribution in [0.3, 0.4) is 0 Å². The first-order valence-electron chi connectivity index (χ1n) is 6.39. The Labute approximate surface area is 130 Å². The Morgan fingerprint density at radius 1 is 1.48 bits per heavy atom. The highest BCUT2D eigenvalue weighted by molar-refractivity contribution is 7.89. The molecule has 2 atom stereocenters. The molecule has 0 bridgehead atoms. The van der Waals surface area contributed by atoms with Crippen LogP contribution >= 0.6 is 12.4 Å². The van der Waals surface area contributed by atoms with Gasteiger partial charge in [0.2, 0.25) is 10.0 Å². The molecule has 0 saturated carbocycles. The molecule has 3 N–H and O–H groups in total. The predicted molar refractivity (Wildman–Crippen MR) is 80.0 cm³/mol. The predicted octanol–water partition coefficient (Wildman–Crippen LogP) is 0.480. The van der Waals surface area contributed by atoms with Crippen LogP contribution in [0.25, 0.3) is 0 Å². The molecule has 1 amide bonds. The van der Waals surface area contributed by atoms with Gasteiger partial charge < -0.3 is 14.6 Å². The summed E-state index contributed by atoms with van der Waals surface area (Å²) in [6.07, 6.45) is 0. The Morgan fingerprint density at radius 2 is 2.10 bits per heavy atom. The number of nitrogens with one attached hydrogen (secondary N) is 1. The van der Waals surface area contributed by atoms with Gasteiger partial charge in [0.25, 0.3) is 5.91 Å². The molecule has 120 valence electrons. The standard InChI is InChI=1S/C12H19N3O4S.ClH/c1-7-8(2)15(5-4-14-7)12(16)10-6-11(9(3)19-10)20(13,17)18;/h6-8,14H,4-5H2,1-3H3,(H2,13,17,18);1H. The third-order valence-corrected chi connectivity index (χ3v) is 4.70. The summed E-state index contributed by atoms with van der Waals surface area (Å²) < 4.78 is 28.0. The van der Waals surface area contributed by atoms with Crippen molar-refractivity contribution >= 4 is 28.3 Å². The van der Waals surface area contributed by atoms with Crippen LogP contribution in [0.5, 0.6) is 0 Å². The summed E-state index contributed by atoms with van der Waals surface area (Å²) in [6, 6.07) is 1.37. The van der Waals surface area contributed by atoms with E-state index in [0.717, 1.165) is 0 Å². The van der Waals surface area contributed by atoms with E-state index in [0.29, 0.717) is 13.1 Å². The molecule has 0 aliphatic carbocycles. The van der Waals surface area contributed by atoms with Crippen LogP contribution in [-0.2, 0) is 10.0 Å². The largest absolute Gasteiger partial charge is 0.455 e. The number of halogens is 1. The van der Waals surface area contributed by atoms with E-state index >= 15 is 0 Å². The summed E-state index contributed by atoms with van der Waals surface area (Å²) in [5.74, 6) is -0.178. The second kappa shape index (κ2) is 6.35. The van der Waals surface area contributed by atoms with Gasteiger partial charge in [-0.25, -0.2) is 13.6 Å². The van der Waals surface area contributed by atoms with Gasteiger partial charge in [-0.15, -0.1) is 12.4 Å². The number of aryl methyl sites for hydroxylation is 1. The third-order valence-electron chi connectivity index (χ3n) is 3.68. The second-order valence-electron chi connectivity index (χ2n) is 5.06. The lowest BCUT2D eigenvalue weighted by molar-refractivity contribution is 0.0569. The average molecular weight is 338 g/mol. The molecule has 0 aromatic carbocycles. The maximum atomic E-state index is 12.4. The molecule has 2 rings (SSSR count). The zero-order valence-electron chi connectivity index (χ0n) is 12.1. The van der Waals surface area contributed by atoms with E-state index in [1.807, 2.05) is 13.8 Å². The van der Waals surface area contributed by atoms with Crippen LogP contribution in [-0.4, -0.2) is 44.4 Å². The highest BCUT2D eigenvalue weighted by atomic mass is 35.5. The summed E-state index contributed by atoms with van der Waals surface area (Å²) >= 11 is 0. The molecular formula is C12H20ClN3O4S. The Hall–Kier alpha value is -1.09. The number of hydrogen-bond acceptors (Lipinski definition) is 5. The number of rotatable bonds is 2. The molecule has 21 heavy (non-hydrogen) atoms. The normalized spacial score (nSPS) is 22.8. The fourth-order valence-corrected chi connectivity index (χ4v) is 3.05. The maximum absolute atomic E-state index is 12.4. The van der Waals surface area contributed by atoms with E-state index in [2.05, 4.69) is 5.32 Å². The number of carbonyl (C=O) groups excluding carboxylic acids is 1. The summed E-state index contributed by atoms with van der Waals surface area (Å²) in [4.78, 5) is 13.9. The van der Waals surface area contributed by atoms with Crippen LogP contribution in [0.2, 0.25) is 0 Å². The molecule has 1 aromatic heterocycles. The van der Waals surface area contributed by atoms with Gasteiger partial charge in [-0.3, -0.25) is 4.79 Å². The molecule has 0 spiro atoms. The number of nitrogens with two attached hydrogens (primary N) is 1. The third kappa shape index (κ3) is 3.57. The molecule has 1 aromatic rings. The highest BCUT2D eigenvalue weighted by Crippen LogP contribution is 2.21. The van der Waals surface area contributed by atoms with Gasteiger partial charge in [-0.05, 0) is 20.8 Å². The van der Waals surface area contributed by atoms with E-state index in [1.165, 1.54) is 13.0 Å². The van der Waals surface area contributed by atoms with Gasteiger partial charge in [0.15, 0.2) is 5.76 Å². The summed E-state index contributed by atoms with van der Waals surface area (Å²) in [5.41, 5.74) is 0. The van der Waals surface area contributed by atoms with E-state index in [-0.39, 0.29) is 46.8 Å². The van der Waals surface area contributed by atoms with Crippen molar-refractivity contribution < 1.29 is 17.6 Å². The number of amides is 1. The van der Waals surface area contributed by atoms with Gasteiger partial charge in [-0.2, -0.15) is 0 Å². The molecule has 1 aliphatic heterocycles. The first-order valence-corrected chi connectivity index (χ1v) is 7.94. The highest BCUT2D eigenvalue weighted by Gasteiger charge is 2.31. The zero-order valence-corrected chi connectivity index (χ0v) is 13.8. The number of hydrogen-bond donors (Lipinski definition) is 2. The minimum atomic E-state index is -3.88. The van der Waals surface area contributed by atoms with Crippen molar-refractivity contribution in [2.75, 3.05) is 13.1 Å². The smallest absolute Gasteiger partial charge is 0.289 e. The van der Waals surface area contributed by atoms with Crippen LogP contribution in [0.4, 0.5) is 0 Å². The van der Waals surface area contributed by atoms with Crippen molar-refractivity contribution in [2.45, 2.75) is 37.8 Å². The van der Waals surface area contributed by atoms with Crippen molar-refractivity contribution in [1.29, 1.82) is 0 Å². The van der Waals surface area contributed by atoms with Gasteiger partial charge >= 0.3 is 0 Å². The minimum absolute atomic E-state index is 0. The first-order chi connectivity index (χ1) is 9.21. The molecule has 1 aliphatic rings. The maximum Gasteiger partial charge on any atom is 0.289 e. The molecule has 2 unspecified atom stereocenters. The zero-order chi connectivity index (χ0) is 15.1. The van der Waals surface area contributed by atoms with Gasteiger partial charge in [0, 0.05) is 31.2 Å². The molecule has 9 heteroatoms. The lowest BCUT2D eigenvalue weighted by Gasteiger charge is -2.38. The summed E-state index contributed by atoms with van der Waals surface area (Å²) in [6.45, 7) is 6.65. The molecule has 1 fully saturated rings. The number of nitrogens with zero attached hydrogens (tertiary/aromatic N) is 1. The molecule has 2 heterocycles. The van der Waals surface area contributed by atoms with Crippen molar-refractivity contribution in [1.82, 2.24) is 10.2 Å². The lowest BCUT2D eigenvalue weighted by atomic mass is 10.1. The van der Waals surface area contributed by atoms with E-state index in [1.54, 1.807) is 4.90 Å². The van der Waals surface area contributed by atoms with Crippen LogP contribution in [0, 0.1) is 6.92 Å². The first kappa shape index (κ1) is 18.0.